The van der Waals surface area contributed by atoms with E-state index in [1.54, 1.807) is 12.1 Å². The van der Waals surface area contributed by atoms with Crippen LogP contribution in [0, 0.1) is 6.92 Å². The molecule has 0 atom stereocenters. The second kappa shape index (κ2) is 5.42. The van der Waals surface area contributed by atoms with E-state index in [1.807, 2.05) is 13.0 Å². The van der Waals surface area contributed by atoms with E-state index in [4.69, 9.17) is 32.7 Å². The summed E-state index contributed by atoms with van der Waals surface area (Å²) in [5.41, 5.74) is 1.04. The number of hydrogen-bond donors (Lipinski definition) is 0. The van der Waals surface area contributed by atoms with Crippen LogP contribution in [0.15, 0.2) is 24.5 Å². The number of hydrogen-bond acceptors (Lipinski definition) is 4. The molecule has 0 fully saturated rings. The highest BCUT2D eigenvalue weighted by atomic mass is 35.5. The average molecular weight is 285 g/mol. The van der Waals surface area contributed by atoms with E-state index in [-0.39, 0.29) is 16.8 Å². The van der Waals surface area contributed by atoms with Gasteiger partial charge < -0.3 is 9.47 Å². The third kappa shape index (κ3) is 2.66. The SMILES string of the molecule is COc1c(Cl)ncnc1Oc1ccc(C)cc1Cl. The van der Waals surface area contributed by atoms with E-state index in [9.17, 15) is 0 Å². The van der Waals surface area contributed by atoms with Crippen molar-refractivity contribution in [2.45, 2.75) is 6.92 Å². The molecule has 94 valence electrons. The van der Waals surface area contributed by atoms with Crippen LogP contribution >= 0.6 is 23.2 Å². The smallest absolute Gasteiger partial charge is 0.267 e. The maximum absolute atomic E-state index is 6.07. The quantitative estimate of drug-likeness (QED) is 0.802. The first-order valence-electron chi connectivity index (χ1n) is 5.10. The molecule has 0 saturated heterocycles. The van der Waals surface area contributed by atoms with E-state index in [1.165, 1.54) is 13.4 Å². The van der Waals surface area contributed by atoms with Gasteiger partial charge in [-0.25, -0.2) is 4.98 Å². The maximum atomic E-state index is 6.07. The predicted octanol–water partition coefficient (Wildman–Crippen LogP) is 3.89. The van der Waals surface area contributed by atoms with Gasteiger partial charge in [0.1, 0.15) is 12.1 Å². The van der Waals surface area contributed by atoms with Crippen molar-refractivity contribution >= 4 is 23.2 Å². The fourth-order valence-corrected chi connectivity index (χ4v) is 1.85. The lowest BCUT2D eigenvalue weighted by molar-refractivity contribution is 0.367. The third-order valence-corrected chi connectivity index (χ3v) is 2.79. The Morgan fingerprint density at radius 3 is 2.61 bits per heavy atom. The molecule has 4 nitrogen and oxygen atoms in total. The minimum absolute atomic E-state index is 0.186. The molecule has 2 aromatic rings. The summed E-state index contributed by atoms with van der Waals surface area (Å²) in [6.45, 7) is 1.94. The molecule has 0 saturated carbocycles. The topological polar surface area (TPSA) is 44.2 Å². The molecule has 0 spiro atoms. The van der Waals surface area contributed by atoms with Crippen molar-refractivity contribution in [3.63, 3.8) is 0 Å². The predicted molar refractivity (Wildman–Crippen MR) is 69.9 cm³/mol. The van der Waals surface area contributed by atoms with Gasteiger partial charge in [0.15, 0.2) is 5.15 Å². The Hall–Kier alpha value is -1.52. The number of aromatic nitrogens is 2. The standard InChI is InChI=1S/C12H10Cl2N2O2/c1-7-3-4-9(8(13)5-7)18-12-10(17-2)11(14)15-6-16-12/h3-6H,1-2H3. The summed E-state index contributed by atoms with van der Waals surface area (Å²) >= 11 is 11.9. The van der Waals surface area contributed by atoms with Gasteiger partial charge in [-0.2, -0.15) is 4.98 Å². The van der Waals surface area contributed by atoms with Gasteiger partial charge in [0, 0.05) is 0 Å². The normalized spacial score (nSPS) is 10.2. The summed E-state index contributed by atoms with van der Waals surface area (Å²) in [5, 5.41) is 0.678. The van der Waals surface area contributed by atoms with E-state index in [2.05, 4.69) is 9.97 Å². The summed E-state index contributed by atoms with van der Waals surface area (Å²) in [7, 11) is 1.47. The summed E-state index contributed by atoms with van der Waals surface area (Å²) in [6, 6.07) is 5.44. The largest absolute Gasteiger partial charge is 0.489 e. The summed E-state index contributed by atoms with van der Waals surface area (Å²) in [4.78, 5) is 7.77. The highest BCUT2D eigenvalue weighted by Crippen LogP contribution is 2.36. The first-order chi connectivity index (χ1) is 8.61. The molecule has 0 aliphatic carbocycles. The Balaban J connectivity index is 2.37. The zero-order valence-corrected chi connectivity index (χ0v) is 11.3. The van der Waals surface area contributed by atoms with Gasteiger partial charge in [-0.15, -0.1) is 0 Å². The number of halogens is 2. The molecule has 1 aromatic heterocycles. The fourth-order valence-electron chi connectivity index (χ4n) is 1.37. The summed E-state index contributed by atoms with van der Waals surface area (Å²) < 4.78 is 10.7. The Morgan fingerprint density at radius 1 is 1.17 bits per heavy atom. The third-order valence-electron chi connectivity index (χ3n) is 2.23. The molecule has 0 unspecified atom stereocenters. The molecule has 0 amide bonds. The van der Waals surface area contributed by atoms with E-state index in [0.29, 0.717) is 10.8 Å². The molecule has 0 radical (unpaired) electrons. The monoisotopic (exact) mass is 284 g/mol. The van der Waals surface area contributed by atoms with Crippen LogP contribution in [0.3, 0.4) is 0 Å². The highest BCUT2D eigenvalue weighted by molar-refractivity contribution is 6.32. The van der Waals surface area contributed by atoms with Gasteiger partial charge in [-0.05, 0) is 24.6 Å². The number of ether oxygens (including phenoxy) is 2. The van der Waals surface area contributed by atoms with Gasteiger partial charge in [-0.1, -0.05) is 29.3 Å². The fraction of sp³-hybridized carbons (Fsp3) is 0.167. The lowest BCUT2D eigenvalue weighted by Gasteiger charge is -2.10. The minimum Gasteiger partial charge on any atom is -0.489 e. The van der Waals surface area contributed by atoms with Gasteiger partial charge in [0.25, 0.3) is 5.88 Å². The van der Waals surface area contributed by atoms with Gasteiger partial charge >= 0.3 is 0 Å². The zero-order valence-electron chi connectivity index (χ0n) is 9.78. The maximum Gasteiger partial charge on any atom is 0.267 e. The number of rotatable bonds is 3. The minimum atomic E-state index is 0.186. The van der Waals surface area contributed by atoms with Crippen LogP contribution in [0.25, 0.3) is 0 Å². The summed E-state index contributed by atoms with van der Waals surface area (Å²) in [5.74, 6) is 0.981. The van der Waals surface area contributed by atoms with Crippen LogP contribution in [0.2, 0.25) is 10.2 Å². The van der Waals surface area contributed by atoms with Crippen LogP contribution in [0.4, 0.5) is 0 Å². The van der Waals surface area contributed by atoms with E-state index >= 15 is 0 Å². The summed E-state index contributed by atoms with van der Waals surface area (Å²) in [6.07, 6.45) is 1.29. The molecule has 18 heavy (non-hydrogen) atoms. The Bertz CT molecular complexity index is 576. The van der Waals surface area contributed by atoms with Crippen LogP contribution < -0.4 is 9.47 Å². The van der Waals surface area contributed by atoms with Gasteiger partial charge in [-0.3, -0.25) is 0 Å². The number of benzene rings is 1. The van der Waals surface area contributed by atoms with Crippen molar-refractivity contribution in [1.82, 2.24) is 9.97 Å². The molecule has 0 aliphatic heterocycles. The van der Waals surface area contributed by atoms with Crippen molar-refractivity contribution in [2.75, 3.05) is 7.11 Å². The molecule has 6 heteroatoms. The number of methoxy groups -OCH3 is 1. The second-order valence-electron chi connectivity index (χ2n) is 3.54. The number of aryl methyl sites for hydroxylation is 1. The van der Waals surface area contributed by atoms with Gasteiger partial charge in [0.2, 0.25) is 5.75 Å². The molecule has 0 N–H and O–H groups in total. The van der Waals surface area contributed by atoms with Crippen LogP contribution in [-0.4, -0.2) is 17.1 Å². The molecule has 0 aliphatic rings. The lowest BCUT2D eigenvalue weighted by atomic mass is 10.2. The second-order valence-corrected chi connectivity index (χ2v) is 4.30. The molecular formula is C12H10Cl2N2O2. The molecule has 0 bridgehead atoms. The van der Waals surface area contributed by atoms with Crippen molar-refractivity contribution in [3.05, 3.63) is 40.3 Å². The molecule has 1 aromatic carbocycles. The van der Waals surface area contributed by atoms with Crippen molar-refractivity contribution < 1.29 is 9.47 Å². The Morgan fingerprint density at radius 2 is 1.94 bits per heavy atom. The van der Waals surface area contributed by atoms with Crippen molar-refractivity contribution in [1.29, 1.82) is 0 Å². The first-order valence-corrected chi connectivity index (χ1v) is 5.86. The molecule has 1 heterocycles. The average Bonchev–Trinajstić information content (AvgIpc) is 2.33. The van der Waals surface area contributed by atoms with Gasteiger partial charge in [0.05, 0.1) is 12.1 Å². The molecule has 2 rings (SSSR count). The number of nitrogens with zero attached hydrogens (tertiary/aromatic N) is 2. The Labute approximate surface area is 114 Å². The van der Waals surface area contributed by atoms with Crippen molar-refractivity contribution in [2.24, 2.45) is 0 Å². The van der Waals surface area contributed by atoms with E-state index in [0.717, 1.165) is 5.56 Å². The molecular weight excluding hydrogens is 275 g/mol. The van der Waals surface area contributed by atoms with Crippen LogP contribution in [0.5, 0.6) is 17.4 Å². The Kier molecular flexibility index (Phi) is 3.89. The van der Waals surface area contributed by atoms with E-state index < -0.39 is 0 Å². The lowest BCUT2D eigenvalue weighted by Crippen LogP contribution is -1.96. The van der Waals surface area contributed by atoms with Crippen molar-refractivity contribution in [3.8, 4) is 17.4 Å². The zero-order chi connectivity index (χ0) is 13.1. The van der Waals surface area contributed by atoms with Crippen LogP contribution in [-0.2, 0) is 0 Å². The van der Waals surface area contributed by atoms with Crippen LogP contribution in [0.1, 0.15) is 5.56 Å². The highest BCUT2D eigenvalue weighted by Gasteiger charge is 2.14. The first kappa shape index (κ1) is 12.9.